The summed E-state index contributed by atoms with van der Waals surface area (Å²) < 4.78 is 53.6. The lowest BCUT2D eigenvalue weighted by Crippen LogP contribution is -2.10. The molecule has 2 rings (SSSR count). The fourth-order valence-electron chi connectivity index (χ4n) is 5.15. The van der Waals surface area contributed by atoms with Crippen molar-refractivity contribution in [3.05, 3.63) is 9.75 Å². The molecule has 0 aliphatic heterocycles. The second-order valence-corrected chi connectivity index (χ2v) is 17.6. The van der Waals surface area contributed by atoms with E-state index < -0.39 is 19.7 Å². The highest BCUT2D eigenvalue weighted by Gasteiger charge is 2.32. The van der Waals surface area contributed by atoms with Crippen LogP contribution in [0.1, 0.15) is 126 Å². The Morgan fingerprint density at radius 2 is 0.875 bits per heavy atom. The van der Waals surface area contributed by atoms with Crippen molar-refractivity contribution < 1.29 is 16.8 Å². The van der Waals surface area contributed by atoms with Crippen LogP contribution in [0.25, 0.3) is 9.75 Å². The van der Waals surface area contributed by atoms with Gasteiger partial charge in [0.1, 0.15) is 9.79 Å². The number of thiophene rings is 2. The molecule has 0 aromatic carbocycles. The summed E-state index contributed by atoms with van der Waals surface area (Å²) in [4.78, 5) is 2.57. The number of hydrogen-bond donors (Lipinski definition) is 2. The Balaban J connectivity index is 2.13. The Hall–Kier alpha value is -1.10. The lowest BCUT2D eigenvalue weighted by molar-refractivity contribution is 0.572. The summed E-state index contributed by atoms with van der Waals surface area (Å²) in [6, 6.07) is 0. The van der Waals surface area contributed by atoms with E-state index in [-0.39, 0.29) is 32.7 Å². The summed E-state index contributed by atoms with van der Waals surface area (Å²) in [5.41, 5.74) is 13.2. The van der Waals surface area contributed by atoms with Crippen LogP contribution in [0.15, 0.2) is 9.79 Å². The molecule has 0 aliphatic rings. The first kappa shape index (κ1) is 35.1. The van der Waals surface area contributed by atoms with E-state index in [4.69, 9.17) is 11.5 Å². The summed E-state index contributed by atoms with van der Waals surface area (Å²) in [7, 11) is -7.23. The van der Waals surface area contributed by atoms with E-state index in [0.717, 1.165) is 38.5 Å². The minimum Gasteiger partial charge on any atom is -0.397 e. The zero-order valence-corrected chi connectivity index (χ0v) is 28.4. The van der Waals surface area contributed by atoms with Crippen molar-refractivity contribution in [1.82, 2.24) is 0 Å². The third-order valence-electron chi connectivity index (χ3n) is 7.51. The first-order valence-electron chi connectivity index (χ1n) is 15.2. The van der Waals surface area contributed by atoms with Crippen LogP contribution in [0.5, 0.6) is 0 Å². The number of sulfone groups is 2. The maximum atomic E-state index is 13.5. The predicted octanol–water partition coefficient (Wildman–Crippen LogP) is 9.09. The molecule has 4 N–H and O–H groups in total. The van der Waals surface area contributed by atoms with Gasteiger partial charge in [-0.25, -0.2) is 16.8 Å². The third kappa shape index (κ3) is 10.0. The van der Waals surface area contributed by atoms with Gasteiger partial charge in [-0.3, -0.25) is 0 Å². The Morgan fingerprint density at radius 3 is 1.32 bits per heavy atom. The molecule has 2 aromatic heterocycles. The van der Waals surface area contributed by atoms with Crippen molar-refractivity contribution in [3.8, 4) is 9.75 Å². The van der Waals surface area contributed by atoms with Crippen molar-refractivity contribution in [3.63, 3.8) is 0 Å². The third-order valence-corrected chi connectivity index (χ3v) is 14.0. The Morgan fingerprint density at radius 1 is 0.500 bits per heavy atom. The highest BCUT2D eigenvalue weighted by molar-refractivity contribution is 7.92. The van der Waals surface area contributed by atoms with Gasteiger partial charge in [0.25, 0.3) is 0 Å². The number of rotatable bonds is 21. The predicted molar refractivity (Wildman–Crippen MR) is 175 cm³/mol. The van der Waals surface area contributed by atoms with E-state index in [2.05, 4.69) is 13.8 Å². The Kier molecular flexibility index (Phi) is 15.0. The molecular weight excluding hydrogens is 581 g/mol. The van der Waals surface area contributed by atoms with Crippen LogP contribution in [-0.2, 0) is 19.7 Å². The fourth-order valence-corrected chi connectivity index (χ4v) is 11.8. The molecule has 0 unspecified atom stereocenters. The molecule has 0 atom stereocenters. The fraction of sp³-hybridized carbons (Fsp3) is 0.733. The van der Waals surface area contributed by atoms with Crippen molar-refractivity contribution in [2.75, 3.05) is 23.0 Å². The van der Waals surface area contributed by atoms with Gasteiger partial charge in [-0.05, 0) is 26.7 Å². The van der Waals surface area contributed by atoms with E-state index in [1.54, 1.807) is 13.8 Å². The number of nitrogens with two attached hydrogens (primary N) is 2. The molecule has 0 bridgehead atoms. The topological polar surface area (TPSA) is 120 Å². The highest BCUT2D eigenvalue weighted by atomic mass is 32.2. The maximum absolute atomic E-state index is 13.5. The molecule has 230 valence electrons. The van der Waals surface area contributed by atoms with E-state index in [9.17, 15) is 16.8 Å². The van der Waals surface area contributed by atoms with Gasteiger partial charge in [0.2, 0.25) is 0 Å². The molecule has 0 spiro atoms. The number of nitrogen functional groups attached to an aromatic ring is 2. The molecule has 0 amide bonds. The van der Waals surface area contributed by atoms with Crippen LogP contribution in [0.3, 0.4) is 0 Å². The quantitative estimate of drug-likeness (QED) is 0.132. The largest absolute Gasteiger partial charge is 0.397 e. The first-order chi connectivity index (χ1) is 19.0. The van der Waals surface area contributed by atoms with E-state index in [0.29, 0.717) is 32.4 Å². The number of unbranched alkanes of at least 4 members (excludes halogenated alkanes) is 14. The summed E-state index contributed by atoms with van der Waals surface area (Å²) in [6.45, 7) is 7.94. The molecule has 0 fully saturated rings. The minimum absolute atomic E-state index is 0.0309. The lowest BCUT2D eigenvalue weighted by Gasteiger charge is -2.09. The number of aryl methyl sites for hydroxylation is 2. The molecule has 40 heavy (non-hydrogen) atoms. The van der Waals surface area contributed by atoms with Crippen molar-refractivity contribution in [2.45, 2.75) is 140 Å². The van der Waals surface area contributed by atoms with Gasteiger partial charge in [-0.15, -0.1) is 22.7 Å². The molecule has 0 aliphatic carbocycles. The number of hydrogen-bond acceptors (Lipinski definition) is 8. The standard InChI is InChI=1S/C30H52N2O4S4/c1-5-7-9-11-13-15-17-19-21-39(33,34)29-24(4)38-27(26(29)32)28-30(25(31)23(3)37-28)40(35,36)22-20-18-16-14-12-10-8-6-2/h5-22,31-32H2,1-4H3. The maximum Gasteiger partial charge on any atom is 0.181 e. The molecule has 2 aromatic rings. The van der Waals surface area contributed by atoms with Gasteiger partial charge < -0.3 is 11.5 Å². The highest BCUT2D eigenvalue weighted by Crippen LogP contribution is 2.49. The van der Waals surface area contributed by atoms with Crippen molar-refractivity contribution in [1.29, 1.82) is 0 Å². The summed E-state index contributed by atoms with van der Waals surface area (Å²) in [6.07, 6.45) is 17.1. The van der Waals surface area contributed by atoms with Crippen LogP contribution in [-0.4, -0.2) is 28.3 Å². The van der Waals surface area contributed by atoms with Gasteiger partial charge in [0.15, 0.2) is 19.7 Å². The molecular formula is C30H52N2O4S4. The normalized spacial score (nSPS) is 12.4. The lowest BCUT2D eigenvalue weighted by atomic mass is 10.1. The van der Waals surface area contributed by atoms with Gasteiger partial charge in [0.05, 0.1) is 32.6 Å². The second-order valence-electron chi connectivity index (χ2n) is 11.0. The summed E-state index contributed by atoms with van der Waals surface area (Å²) >= 11 is 2.54. The van der Waals surface area contributed by atoms with Crippen LogP contribution < -0.4 is 11.5 Å². The second kappa shape index (κ2) is 17.1. The van der Waals surface area contributed by atoms with E-state index in [1.165, 1.54) is 74.0 Å². The summed E-state index contributed by atoms with van der Waals surface area (Å²) in [5, 5.41) is 0. The zero-order chi connectivity index (χ0) is 29.8. The van der Waals surface area contributed by atoms with E-state index >= 15 is 0 Å². The molecule has 2 heterocycles. The van der Waals surface area contributed by atoms with Gasteiger partial charge in [-0.2, -0.15) is 0 Å². The average molecular weight is 633 g/mol. The van der Waals surface area contributed by atoms with E-state index in [1.807, 2.05) is 0 Å². The first-order valence-corrected chi connectivity index (χ1v) is 20.1. The monoisotopic (exact) mass is 632 g/mol. The Bertz CT molecular complexity index is 1260. The molecule has 0 saturated heterocycles. The molecule has 0 saturated carbocycles. The minimum atomic E-state index is -3.65. The van der Waals surface area contributed by atoms with Gasteiger partial charge in [0, 0.05) is 9.75 Å². The van der Waals surface area contributed by atoms with Gasteiger partial charge in [-0.1, -0.05) is 104 Å². The van der Waals surface area contributed by atoms with Crippen molar-refractivity contribution >= 4 is 53.7 Å². The Labute approximate surface area is 252 Å². The SMILES string of the molecule is CCCCCCCCCCS(=O)(=O)c1c(C)sc(-c2sc(C)c(N)c2S(=O)(=O)CCCCCCCCCC)c1N. The van der Waals surface area contributed by atoms with Crippen LogP contribution in [0.4, 0.5) is 11.4 Å². The molecule has 6 nitrogen and oxygen atoms in total. The summed E-state index contributed by atoms with van der Waals surface area (Å²) in [5.74, 6) is 0.0849. The zero-order valence-electron chi connectivity index (χ0n) is 25.1. The molecule has 10 heteroatoms. The van der Waals surface area contributed by atoms with Crippen LogP contribution in [0.2, 0.25) is 0 Å². The molecule has 0 radical (unpaired) electrons. The smallest absolute Gasteiger partial charge is 0.181 e. The average Bonchev–Trinajstić information content (AvgIpc) is 3.37. The number of anilines is 2. The van der Waals surface area contributed by atoms with Gasteiger partial charge >= 0.3 is 0 Å². The van der Waals surface area contributed by atoms with Crippen LogP contribution in [0, 0.1) is 13.8 Å². The van der Waals surface area contributed by atoms with Crippen LogP contribution >= 0.6 is 22.7 Å². The van der Waals surface area contributed by atoms with Crippen molar-refractivity contribution in [2.24, 2.45) is 0 Å².